The van der Waals surface area contributed by atoms with Crippen molar-refractivity contribution in [1.82, 2.24) is 30.2 Å². The fraction of sp³-hybridized carbons (Fsp3) is 0.267. The van der Waals surface area contributed by atoms with Crippen molar-refractivity contribution in [3.63, 3.8) is 0 Å². The number of amides is 1. The van der Waals surface area contributed by atoms with Crippen LogP contribution >= 0.6 is 0 Å². The molecule has 9 heteroatoms. The molecule has 0 unspecified atom stereocenters. The molecule has 3 aromatic rings. The summed E-state index contributed by atoms with van der Waals surface area (Å²) in [4.78, 5) is 20.5. The summed E-state index contributed by atoms with van der Waals surface area (Å²) in [5.74, 6) is 2.30. The summed E-state index contributed by atoms with van der Waals surface area (Å²) in [7, 11) is 0. The van der Waals surface area contributed by atoms with E-state index >= 15 is 0 Å². The monoisotopic (exact) mass is 327 g/mol. The van der Waals surface area contributed by atoms with E-state index in [0.717, 1.165) is 0 Å². The van der Waals surface area contributed by atoms with E-state index < -0.39 is 0 Å². The highest BCUT2D eigenvalue weighted by Gasteiger charge is 2.10. The minimum absolute atomic E-state index is 0.270. The molecule has 0 fully saturated rings. The maximum Gasteiger partial charge on any atom is 0.273 e. The van der Waals surface area contributed by atoms with Gasteiger partial charge in [-0.15, -0.1) is 0 Å². The van der Waals surface area contributed by atoms with E-state index in [2.05, 4.69) is 30.9 Å². The molecule has 1 amide bonds. The van der Waals surface area contributed by atoms with Gasteiger partial charge in [0.05, 0.1) is 0 Å². The van der Waals surface area contributed by atoms with Gasteiger partial charge in [-0.3, -0.25) is 4.79 Å². The molecule has 3 rings (SSSR count). The van der Waals surface area contributed by atoms with Gasteiger partial charge >= 0.3 is 0 Å². The van der Waals surface area contributed by atoms with Crippen LogP contribution in [0, 0.1) is 13.8 Å². The zero-order valence-corrected chi connectivity index (χ0v) is 13.4. The largest absolute Gasteiger partial charge is 0.368 e. The average molecular weight is 327 g/mol. The van der Waals surface area contributed by atoms with E-state index in [1.807, 2.05) is 19.2 Å². The third-order valence-electron chi connectivity index (χ3n) is 3.14. The molecular formula is C15H17N7O2. The fourth-order valence-corrected chi connectivity index (χ4v) is 2.09. The Morgan fingerprint density at radius 1 is 1.25 bits per heavy atom. The fourth-order valence-electron chi connectivity index (χ4n) is 2.09. The molecule has 0 aliphatic carbocycles. The van der Waals surface area contributed by atoms with Crippen molar-refractivity contribution in [2.24, 2.45) is 0 Å². The first-order valence-corrected chi connectivity index (χ1v) is 7.43. The van der Waals surface area contributed by atoms with Gasteiger partial charge in [-0.05, 0) is 19.9 Å². The van der Waals surface area contributed by atoms with Gasteiger partial charge in [-0.25, -0.2) is 14.6 Å². The Hall–Kier alpha value is -3.23. The van der Waals surface area contributed by atoms with Gasteiger partial charge in [-0.2, -0.15) is 5.10 Å². The topological polar surface area (TPSA) is 111 Å². The van der Waals surface area contributed by atoms with Crippen molar-refractivity contribution in [2.45, 2.75) is 13.8 Å². The Labute approximate surface area is 138 Å². The highest BCUT2D eigenvalue weighted by molar-refractivity contribution is 5.92. The van der Waals surface area contributed by atoms with E-state index in [0.29, 0.717) is 36.3 Å². The summed E-state index contributed by atoms with van der Waals surface area (Å²) in [5.41, 5.74) is 0.270. The second-order valence-electron chi connectivity index (χ2n) is 5.11. The van der Waals surface area contributed by atoms with E-state index in [4.69, 9.17) is 4.52 Å². The lowest BCUT2D eigenvalue weighted by Gasteiger charge is -2.09. The van der Waals surface area contributed by atoms with Crippen molar-refractivity contribution in [2.75, 3.05) is 18.4 Å². The molecule has 3 heterocycles. The molecule has 0 radical (unpaired) electrons. The first-order chi connectivity index (χ1) is 11.6. The second-order valence-corrected chi connectivity index (χ2v) is 5.11. The molecule has 3 aromatic heterocycles. The van der Waals surface area contributed by atoms with Crippen LogP contribution in [0.4, 0.5) is 5.82 Å². The average Bonchev–Trinajstić information content (AvgIpc) is 3.22. The van der Waals surface area contributed by atoms with Gasteiger partial charge in [0.25, 0.3) is 5.91 Å². The molecular weight excluding hydrogens is 310 g/mol. The molecule has 0 saturated heterocycles. The molecule has 0 spiro atoms. The van der Waals surface area contributed by atoms with Gasteiger partial charge < -0.3 is 15.2 Å². The Bertz CT molecular complexity index is 826. The highest BCUT2D eigenvalue weighted by atomic mass is 16.5. The Kier molecular flexibility index (Phi) is 4.50. The summed E-state index contributed by atoms with van der Waals surface area (Å²) in [6.07, 6.45) is 3.50. The normalized spacial score (nSPS) is 10.6. The van der Waals surface area contributed by atoms with E-state index in [-0.39, 0.29) is 11.6 Å². The maximum atomic E-state index is 11.8. The van der Waals surface area contributed by atoms with Crippen LogP contribution in [0.3, 0.4) is 0 Å². The third kappa shape index (κ3) is 3.75. The van der Waals surface area contributed by atoms with Crippen LogP contribution in [0.25, 0.3) is 5.82 Å². The summed E-state index contributed by atoms with van der Waals surface area (Å²) >= 11 is 0. The predicted octanol–water partition coefficient (Wildman–Crippen LogP) is 1.11. The van der Waals surface area contributed by atoms with Gasteiger partial charge in [0.2, 0.25) is 0 Å². The number of nitrogens with zero attached hydrogens (tertiary/aromatic N) is 5. The van der Waals surface area contributed by atoms with Crippen LogP contribution in [0.2, 0.25) is 0 Å². The highest BCUT2D eigenvalue weighted by Crippen LogP contribution is 2.09. The predicted molar refractivity (Wildman–Crippen MR) is 86.0 cm³/mol. The molecule has 0 atom stereocenters. The van der Waals surface area contributed by atoms with Crippen LogP contribution in [-0.2, 0) is 0 Å². The van der Waals surface area contributed by atoms with E-state index in [9.17, 15) is 4.79 Å². The van der Waals surface area contributed by atoms with E-state index in [1.54, 1.807) is 29.9 Å². The van der Waals surface area contributed by atoms with Crippen molar-refractivity contribution in [3.8, 4) is 5.82 Å². The quantitative estimate of drug-likeness (QED) is 0.652. The standard InChI is InChI=1S/C15H17N7O2/c1-10-8-12(21-24-10)15(23)17-6-5-16-13-9-14(20-11(2)19-13)22-7-3-4-18-22/h3-4,7-9H,5-6H2,1-2H3,(H,17,23)(H,16,19,20). The Balaban J connectivity index is 1.54. The van der Waals surface area contributed by atoms with Crippen molar-refractivity contribution in [3.05, 3.63) is 47.9 Å². The van der Waals surface area contributed by atoms with Crippen LogP contribution in [-0.4, -0.2) is 43.9 Å². The van der Waals surface area contributed by atoms with Crippen LogP contribution in [0.5, 0.6) is 0 Å². The second kappa shape index (κ2) is 6.90. The lowest BCUT2D eigenvalue weighted by molar-refractivity contribution is 0.0946. The number of aryl methyl sites for hydroxylation is 2. The summed E-state index contributed by atoms with van der Waals surface area (Å²) in [5, 5.41) is 13.7. The zero-order chi connectivity index (χ0) is 16.9. The number of aromatic nitrogens is 5. The Morgan fingerprint density at radius 3 is 2.83 bits per heavy atom. The van der Waals surface area contributed by atoms with Crippen molar-refractivity contribution in [1.29, 1.82) is 0 Å². The summed E-state index contributed by atoms with van der Waals surface area (Å²) < 4.78 is 6.53. The summed E-state index contributed by atoms with van der Waals surface area (Å²) in [6, 6.07) is 5.21. The lowest BCUT2D eigenvalue weighted by Crippen LogP contribution is -2.29. The molecule has 0 aliphatic rings. The van der Waals surface area contributed by atoms with Crippen LogP contribution in [0.15, 0.2) is 35.1 Å². The molecule has 0 aromatic carbocycles. The van der Waals surface area contributed by atoms with Crippen molar-refractivity contribution >= 4 is 11.7 Å². The third-order valence-corrected chi connectivity index (χ3v) is 3.14. The number of anilines is 1. The molecule has 0 aliphatic heterocycles. The first-order valence-electron chi connectivity index (χ1n) is 7.43. The van der Waals surface area contributed by atoms with Crippen molar-refractivity contribution < 1.29 is 9.32 Å². The number of carbonyl (C=O) groups excluding carboxylic acids is 1. The lowest BCUT2D eigenvalue weighted by atomic mass is 10.3. The SMILES string of the molecule is Cc1nc(NCCNC(=O)c2cc(C)on2)cc(-n2cccn2)n1. The van der Waals surface area contributed by atoms with Gasteiger partial charge in [0, 0.05) is 37.6 Å². The number of hydrogen-bond donors (Lipinski definition) is 2. The summed E-state index contributed by atoms with van der Waals surface area (Å²) in [6.45, 7) is 4.48. The van der Waals surface area contributed by atoms with Gasteiger partial charge in [0.1, 0.15) is 17.4 Å². The van der Waals surface area contributed by atoms with Gasteiger partial charge in [0.15, 0.2) is 11.5 Å². The van der Waals surface area contributed by atoms with Gasteiger partial charge in [-0.1, -0.05) is 5.16 Å². The number of carbonyl (C=O) groups is 1. The molecule has 0 bridgehead atoms. The molecule has 24 heavy (non-hydrogen) atoms. The number of rotatable bonds is 6. The zero-order valence-electron chi connectivity index (χ0n) is 13.4. The number of hydrogen-bond acceptors (Lipinski definition) is 7. The smallest absolute Gasteiger partial charge is 0.273 e. The maximum absolute atomic E-state index is 11.8. The number of nitrogens with one attached hydrogen (secondary N) is 2. The molecule has 124 valence electrons. The molecule has 0 saturated carbocycles. The van der Waals surface area contributed by atoms with Crippen LogP contribution in [0.1, 0.15) is 22.1 Å². The van der Waals surface area contributed by atoms with Crippen LogP contribution < -0.4 is 10.6 Å². The minimum Gasteiger partial charge on any atom is -0.368 e. The van der Waals surface area contributed by atoms with E-state index in [1.165, 1.54) is 0 Å². The first kappa shape index (κ1) is 15.7. The minimum atomic E-state index is -0.273. The molecule has 9 nitrogen and oxygen atoms in total. The molecule has 2 N–H and O–H groups in total. The Morgan fingerprint density at radius 2 is 2.12 bits per heavy atom.